The summed E-state index contributed by atoms with van der Waals surface area (Å²) < 4.78 is 5.30. The van der Waals surface area contributed by atoms with Crippen LogP contribution in [0, 0.1) is 12.3 Å². The van der Waals surface area contributed by atoms with Crippen molar-refractivity contribution in [1.29, 1.82) is 0 Å². The van der Waals surface area contributed by atoms with E-state index in [2.05, 4.69) is 40.4 Å². The highest BCUT2D eigenvalue weighted by Crippen LogP contribution is 2.39. The van der Waals surface area contributed by atoms with Crippen molar-refractivity contribution in [3.63, 3.8) is 0 Å². The Balaban J connectivity index is 1.34. The van der Waals surface area contributed by atoms with Gasteiger partial charge < -0.3 is 14.3 Å². The smallest absolute Gasteiger partial charge is 0.259 e. The molecule has 5 nitrogen and oxygen atoms in total. The molecule has 1 atom stereocenters. The van der Waals surface area contributed by atoms with Crippen molar-refractivity contribution in [2.75, 3.05) is 32.7 Å². The maximum Gasteiger partial charge on any atom is 0.259 e. The summed E-state index contributed by atoms with van der Waals surface area (Å²) >= 11 is 0. The average molecular weight is 396 g/mol. The van der Waals surface area contributed by atoms with Gasteiger partial charge in [0, 0.05) is 25.0 Å². The Morgan fingerprint density at radius 3 is 2.79 bits per heavy atom. The molecule has 156 valence electrons. The van der Waals surface area contributed by atoms with Gasteiger partial charge >= 0.3 is 0 Å². The van der Waals surface area contributed by atoms with Crippen molar-refractivity contribution in [1.82, 2.24) is 15.0 Å². The standard InChI is InChI=1S/C24H33N3O2/c1-3-21-22(19(2)29-25-21)23(28)27-16-13-24(18-27)12-8-15-26(17-24)14-7-11-20-9-5-4-6-10-20/h4-6,9-10H,3,7-8,11-18H2,1-2H3. The number of carbonyl (C=O) groups is 1. The van der Waals surface area contributed by atoms with Crippen LogP contribution in [-0.4, -0.2) is 53.6 Å². The SMILES string of the molecule is CCc1noc(C)c1C(=O)N1CCC2(CCCN(CCCc3ccccc3)C2)C1. The second-order valence-corrected chi connectivity index (χ2v) is 8.86. The van der Waals surface area contributed by atoms with Crippen LogP contribution < -0.4 is 0 Å². The molecule has 3 heterocycles. The first-order valence-corrected chi connectivity index (χ1v) is 11.1. The Kier molecular flexibility index (Phi) is 6.04. The number of aryl methyl sites for hydroxylation is 3. The second-order valence-electron chi connectivity index (χ2n) is 8.86. The molecule has 1 amide bonds. The molecule has 0 N–H and O–H groups in total. The summed E-state index contributed by atoms with van der Waals surface area (Å²) in [4.78, 5) is 17.8. The first-order chi connectivity index (χ1) is 14.1. The number of rotatable bonds is 6. The molecule has 1 unspecified atom stereocenters. The molecular weight excluding hydrogens is 362 g/mol. The number of hydrogen-bond donors (Lipinski definition) is 0. The number of likely N-dealkylation sites (tertiary alicyclic amines) is 2. The zero-order valence-corrected chi connectivity index (χ0v) is 17.8. The normalized spacial score (nSPS) is 22.5. The van der Waals surface area contributed by atoms with Crippen molar-refractivity contribution in [2.24, 2.45) is 5.41 Å². The van der Waals surface area contributed by atoms with Gasteiger partial charge in [0.2, 0.25) is 0 Å². The van der Waals surface area contributed by atoms with Crippen molar-refractivity contribution in [3.8, 4) is 0 Å². The van der Waals surface area contributed by atoms with Gasteiger partial charge in [0.25, 0.3) is 5.91 Å². The number of amides is 1. The maximum atomic E-state index is 13.2. The fourth-order valence-corrected chi connectivity index (χ4v) is 5.19. The molecule has 1 aromatic heterocycles. The molecule has 0 saturated carbocycles. The van der Waals surface area contributed by atoms with Gasteiger partial charge in [0.05, 0.1) is 5.69 Å². The topological polar surface area (TPSA) is 49.6 Å². The van der Waals surface area contributed by atoms with Crippen LogP contribution in [0.3, 0.4) is 0 Å². The monoisotopic (exact) mass is 395 g/mol. The quantitative estimate of drug-likeness (QED) is 0.739. The molecule has 0 aliphatic carbocycles. The van der Waals surface area contributed by atoms with Gasteiger partial charge in [-0.3, -0.25) is 4.79 Å². The van der Waals surface area contributed by atoms with Crippen LogP contribution in [0.4, 0.5) is 0 Å². The van der Waals surface area contributed by atoms with E-state index < -0.39 is 0 Å². The summed E-state index contributed by atoms with van der Waals surface area (Å²) in [5, 5.41) is 4.07. The van der Waals surface area contributed by atoms with Crippen LogP contribution in [0.1, 0.15) is 60.0 Å². The van der Waals surface area contributed by atoms with Gasteiger partial charge in [-0.2, -0.15) is 0 Å². The highest BCUT2D eigenvalue weighted by Gasteiger charge is 2.43. The third-order valence-electron chi connectivity index (χ3n) is 6.73. The number of hydrogen-bond acceptors (Lipinski definition) is 4. The summed E-state index contributed by atoms with van der Waals surface area (Å²) in [5.74, 6) is 0.762. The Morgan fingerprint density at radius 1 is 1.17 bits per heavy atom. The maximum absolute atomic E-state index is 13.2. The highest BCUT2D eigenvalue weighted by atomic mass is 16.5. The molecule has 1 spiro atoms. The Labute approximate surface area is 174 Å². The Morgan fingerprint density at radius 2 is 2.00 bits per heavy atom. The van der Waals surface area contributed by atoms with Crippen molar-refractivity contribution in [3.05, 3.63) is 52.9 Å². The van der Waals surface area contributed by atoms with E-state index in [1.807, 2.05) is 18.7 Å². The molecule has 2 aliphatic heterocycles. The van der Waals surface area contributed by atoms with E-state index >= 15 is 0 Å². The predicted molar refractivity (Wildman–Crippen MR) is 114 cm³/mol. The van der Waals surface area contributed by atoms with E-state index in [0.29, 0.717) is 11.3 Å². The summed E-state index contributed by atoms with van der Waals surface area (Å²) in [6, 6.07) is 10.8. The molecule has 0 bridgehead atoms. The van der Waals surface area contributed by atoms with Crippen molar-refractivity contribution < 1.29 is 9.32 Å². The molecule has 2 fully saturated rings. The second kappa shape index (κ2) is 8.70. The minimum Gasteiger partial charge on any atom is -0.361 e. The summed E-state index contributed by atoms with van der Waals surface area (Å²) in [7, 11) is 0. The molecule has 2 aliphatic rings. The molecule has 1 aromatic carbocycles. The van der Waals surface area contributed by atoms with E-state index in [1.165, 1.54) is 31.4 Å². The lowest BCUT2D eigenvalue weighted by atomic mass is 9.79. The molecule has 2 saturated heterocycles. The largest absolute Gasteiger partial charge is 0.361 e. The molecule has 0 radical (unpaired) electrons. The van der Waals surface area contributed by atoms with Gasteiger partial charge in [-0.25, -0.2) is 0 Å². The molecular formula is C24H33N3O2. The Hall–Kier alpha value is -2.14. The Bertz CT molecular complexity index is 832. The minimum atomic E-state index is 0.110. The first kappa shape index (κ1) is 20.1. The van der Waals surface area contributed by atoms with E-state index in [-0.39, 0.29) is 11.3 Å². The number of benzene rings is 1. The predicted octanol–water partition coefficient (Wildman–Crippen LogP) is 4.11. The lowest BCUT2D eigenvalue weighted by Gasteiger charge is -2.40. The van der Waals surface area contributed by atoms with E-state index in [9.17, 15) is 4.79 Å². The van der Waals surface area contributed by atoms with Gasteiger partial charge in [-0.05, 0) is 64.1 Å². The van der Waals surface area contributed by atoms with Crippen LogP contribution in [-0.2, 0) is 12.8 Å². The third kappa shape index (κ3) is 4.40. The number of aromatic nitrogens is 1. The van der Waals surface area contributed by atoms with Crippen LogP contribution in [0.15, 0.2) is 34.9 Å². The zero-order valence-electron chi connectivity index (χ0n) is 17.8. The average Bonchev–Trinajstić information content (AvgIpc) is 3.32. The van der Waals surface area contributed by atoms with E-state index in [1.54, 1.807) is 0 Å². The van der Waals surface area contributed by atoms with Crippen LogP contribution >= 0.6 is 0 Å². The van der Waals surface area contributed by atoms with Crippen molar-refractivity contribution in [2.45, 2.75) is 52.4 Å². The first-order valence-electron chi connectivity index (χ1n) is 11.1. The van der Waals surface area contributed by atoms with Gasteiger partial charge in [-0.15, -0.1) is 0 Å². The minimum absolute atomic E-state index is 0.110. The van der Waals surface area contributed by atoms with Crippen molar-refractivity contribution >= 4 is 5.91 Å². The van der Waals surface area contributed by atoms with Gasteiger partial charge in [0.15, 0.2) is 0 Å². The van der Waals surface area contributed by atoms with Gasteiger partial charge in [-0.1, -0.05) is 42.4 Å². The lowest BCUT2D eigenvalue weighted by Crippen LogP contribution is -2.45. The zero-order chi connectivity index (χ0) is 20.3. The third-order valence-corrected chi connectivity index (χ3v) is 6.73. The fourth-order valence-electron chi connectivity index (χ4n) is 5.19. The number of piperidine rings is 1. The van der Waals surface area contributed by atoms with Crippen LogP contribution in [0.2, 0.25) is 0 Å². The molecule has 29 heavy (non-hydrogen) atoms. The van der Waals surface area contributed by atoms with Crippen LogP contribution in [0.25, 0.3) is 0 Å². The summed E-state index contributed by atoms with van der Waals surface area (Å²) in [6.45, 7) is 9.05. The number of carbonyl (C=O) groups excluding carboxylic acids is 1. The molecule has 5 heteroatoms. The van der Waals surface area contributed by atoms with Gasteiger partial charge in [0.1, 0.15) is 11.3 Å². The summed E-state index contributed by atoms with van der Waals surface area (Å²) in [6.07, 6.45) is 6.64. The molecule has 4 rings (SSSR count). The lowest BCUT2D eigenvalue weighted by molar-refractivity contribution is 0.0686. The van der Waals surface area contributed by atoms with Crippen LogP contribution in [0.5, 0.6) is 0 Å². The van der Waals surface area contributed by atoms with E-state index in [4.69, 9.17) is 4.52 Å². The number of nitrogens with zero attached hydrogens (tertiary/aromatic N) is 3. The summed E-state index contributed by atoms with van der Waals surface area (Å²) in [5.41, 5.74) is 3.17. The fraction of sp³-hybridized carbons (Fsp3) is 0.583. The highest BCUT2D eigenvalue weighted by molar-refractivity contribution is 5.96. The molecule has 2 aromatic rings. The van der Waals surface area contributed by atoms with E-state index in [0.717, 1.165) is 51.1 Å².